The normalized spacial score (nSPS) is 12.4. The first-order valence-electron chi connectivity index (χ1n) is 6.97. The van der Waals surface area contributed by atoms with Gasteiger partial charge in [-0.2, -0.15) is 0 Å². The molecule has 2 aromatic carbocycles. The standard InChI is InChI=1S/C17H18F2IN/c1-3-7-21-17(12-5-4-6-13(20)9-12)14-8-11(2)15(18)10-16(14)19/h4-6,8-10,17,21H,3,7H2,1-2H3. The third-order valence-electron chi connectivity index (χ3n) is 3.37. The lowest BCUT2D eigenvalue weighted by molar-refractivity contribution is 0.530. The van der Waals surface area contributed by atoms with Crippen LogP contribution in [0.5, 0.6) is 0 Å². The quantitative estimate of drug-likeness (QED) is 0.698. The van der Waals surface area contributed by atoms with E-state index in [9.17, 15) is 8.78 Å². The summed E-state index contributed by atoms with van der Waals surface area (Å²) in [5.41, 5.74) is 1.94. The third kappa shape index (κ3) is 4.01. The van der Waals surface area contributed by atoms with Crippen LogP contribution in [0.4, 0.5) is 8.78 Å². The molecule has 0 heterocycles. The van der Waals surface area contributed by atoms with Crippen LogP contribution in [0.25, 0.3) is 0 Å². The van der Waals surface area contributed by atoms with Gasteiger partial charge in [-0.3, -0.25) is 0 Å². The molecule has 0 amide bonds. The van der Waals surface area contributed by atoms with Crippen LogP contribution in [-0.2, 0) is 0 Å². The Bertz CT molecular complexity index is 628. The number of halogens is 3. The SMILES string of the molecule is CCCNC(c1cccc(I)c1)c1cc(C)c(F)cc1F. The summed E-state index contributed by atoms with van der Waals surface area (Å²) in [5, 5.41) is 3.35. The average Bonchev–Trinajstić information content (AvgIpc) is 2.44. The maximum atomic E-state index is 14.2. The molecule has 0 spiro atoms. The first kappa shape index (κ1) is 16.4. The van der Waals surface area contributed by atoms with Crippen LogP contribution in [0.1, 0.15) is 36.1 Å². The fraction of sp³-hybridized carbons (Fsp3) is 0.294. The average molecular weight is 401 g/mol. The smallest absolute Gasteiger partial charge is 0.131 e. The molecule has 0 radical (unpaired) electrons. The highest BCUT2D eigenvalue weighted by atomic mass is 127. The molecule has 2 aromatic rings. The van der Waals surface area contributed by atoms with E-state index in [1.165, 1.54) is 0 Å². The molecule has 4 heteroatoms. The van der Waals surface area contributed by atoms with Gasteiger partial charge in [-0.1, -0.05) is 19.1 Å². The molecule has 1 N–H and O–H groups in total. The van der Waals surface area contributed by atoms with E-state index in [0.29, 0.717) is 11.1 Å². The molecule has 0 aliphatic rings. The summed E-state index contributed by atoms with van der Waals surface area (Å²) < 4.78 is 28.8. The molecule has 1 atom stereocenters. The number of nitrogens with one attached hydrogen (secondary N) is 1. The molecule has 21 heavy (non-hydrogen) atoms. The van der Waals surface area contributed by atoms with E-state index < -0.39 is 11.6 Å². The van der Waals surface area contributed by atoms with Gasteiger partial charge in [0.05, 0.1) is 6.04 Å². The van der Waals surface area contributed by atoms with Gasteiger partial charge in [0.1, 0.15) is 11.6 Å². The summed E-state index contributed by atoms with van der Waals surface area (Å²) in [6.07, 6.45) is 0.947. The Kier molecular flexibility index (Phi) is 5.70. The summed E-state index contributed by atoms with van der Waals surface area (Å²) in [6.45, 7) is 4.49. The van der Waals surface area contributed by atoms with Gasteiger partial charge in [-0.15, -0.1) is 0 Å². The summed E-state index contributed by atoms with van der Waals surface area (Å²) in [7, 11) is 0. The largest absolute Gasteiger partial charge is 0.306 e. The van der Waals surface area contributed by atoms with Crippen LogP contribution < -0.4 is 5.32 Å². The lowest BCUT2D eigenvalue weighted by Gasteiger charge is -2.21. The van der Waals surface area contributed by atoms with Crippen molar-refractivity contribution in [3.8, 4) is 0 Å². The van der Waals surface area contributed by atoms with Gasteiger partial charge in [-0.25, -0.2) is 8.78 Å². The number of hydrogen-bond donors (Lipinski definition) is 1. The molecule has 0 bridgehead atoms. The predicted octanol–water partition coefficient (Wildman–Crippen LogP) is 4.97. The van der Waals surface area contributed by atoms with Crippen molar-refractivity contribution in [3.05, 3.63) is 68.3 Å². The van der Waals surface area contributed by atoms with Gasteiger partial charge in [0.2, 0.25) is 0 Å². The highest BCUT2D eigenvalue weighted by molar-refractivity contribution is 14.1. The molecule has 0 saturated heterocycles. The second-order valence-corrected chi connectivity index (χ2v) is 6.31. The van der Waals surface area contributed by atoms with Crippen molar-refractivity contribution in [1.82, 2.24) is 5.32 Å². The predicted molar refractivity (Wildman–Crippen MR) is 90.4 cm³/mol. The molecule has 2 rings (SSSR count). The van der Waals surface area contributed by atoms with Crippen molar-refractivity contribution in [2.75, 3.05) is 6.54 Å². The maximum absolute atomic E-state index is 14.2. The minimum Gasteiger partial charge on any atom is -0.306 e. The number of rotatable bonds is 5. The van der Waals surface area contributed by atoms with Crippen LogP contribution in [0.3, 0.4) is 0 Å². The number of benzene rings is 2. The lowest BCUT2D eigenvalue weighted by atomic mass is 9.96. The Morgan fingerprint density at radius 1 is 1.14 bits per heavy atom. The highest BCUT2D eigenvalue weighted by Crippen LogP contribution is 2.27. The van der Waals surface area contributed by atoms with Gasteiger partial charge < -0.3 is 5.32 Å². The molecule has 1 unspecified atom stereocenters. The zero-order valence-corrected chi connectivity index (χ0v) is 14.2. The first-order valence-corrected chi connectivity index (χ1v) is 8.05. The minimum atomic E-state index is -0.509. The topological polar surface area (TPSA) is 12.0 Å². The van der Waals surface area contributed by atoms with E-state index >= 15 is 0 Å². The van der Waals surface area contributed by atoms with Crippen molar-refractivity contribution >= 4 is 22.6 Å². The fourth-order valence-electron chi connectivity index (χ4n) is 2.28. The van der Waals surface area contributed by atoms with Gasteiger partial charge >= 0.3 is 0 Å². The summed E-state index contributed by atoms with van der Waals surface area (Å²) in [6, 6.07) is 10.2. The van der Waals surface area contributed by atoms with Crippen molar-refractivity contribution in [2.45, 2.75) is 26.3 Å². The van der Waals surface area contributed by atoms with Gasteiger partial charge in [0.25, 0.3) is 0 Å². The molecule has 0 aliphatic carbocycles. The molecule has 0 aromatic heterocycles. The van der Waals surface area contributed by atoms with E-state index in [2.05, 4.69) is 34.8 Å². The second-order valence-electron chi connectivity index (χ2n) is 5.07. The second kappa shape index (κ2) is 7.31. The Balaban J connectivity index is 2.47. The van der Waals surface area contributed by atoms with E-state index in [-0.39, 0.29) is 6.04 Å². The van der Waals surface area contributed by atoms with E-state index in [1.54, 1.807) is 13.0 Å². The van der Waals surface area contributed by atoms with Crippen LogP contribution in [0.15, 0.2) is 36.4 Å². The molecular formula is C17H18F2IN. The van der Waals surface area contributed by atoms with Crippen molar-refractivity contribution < 1.29 is 8.78 Å². The van der Waals surface area contributed by atoms with Gasteiger partial charge in [0, 0.05) is 15.2 Å². The Morgan fingerprint density at radius 3 is 2.57 bits per heavy atom. The van der Waals surface area contributed by atoms with Crippen LogP contribution in [-0.4, -0.2) is 6.54 Å². The summed E-state index contributed by atoms with van der Waals surface area (Å²) in [5.74, 6) is -1.02. The zero-order valence-electron chi connectivity index (χ0n) is 12.1. The summed E-state index contributed by atoms with van der Waals surface area (Å²) >= 11 is 2.24. The molecule has 0 fully saturated rings. The molecule has 0 saturated carbocycles. The number of aryl methyl sites for hydroxylation is 1. The zero-order chi connectivity index (χ0) is 15.4. The molecular weight excluding hydrogens is 383 g/mol. The first-order chi connectivity index (χ1) is 10.0. The monoisotopic (exact) mass is 401 g/mol. The molecule has 112 valence electrons. The van der Waals surface area contributed by atoms with E-state index in [4.69, 9.17) is 0 Å². The van der Waals surface area contributed by atoms with Crippen molar-refractivity contribution in [3.63, 3.8) is 0 Å². The van der Waals surface area contributed by atoms with E-state index in [0.717, 1.165) is 28.2 Å². The van der Waals surface area contributed by atoms with E-state index in [1.807, 2.05) is 24.3 Å². The van der Waals surface area contributed by atoms with Crippen LogP contribution in [0, 0.1) is 22.1 Å². The van der Waals surface area contributed by atoms with Crippen LogP contribution >= 0.6 is 22.6 Å². The lowest BCUT2D eigenvalue weighted by Crippen LogP contribution is -2.24. The Morgan fingerprint density at radius 2 is 1.90 bits per heavy atom. The maximum Gasteiger partial charge on any atom is 0.131 e. The van der Waals surface area contributed by atoms with Gasteiger partial charge in [-0.05, 0) is 71.8 Å². The summed E-state index contributed by atoms with van der Waals surface area (Å²) in [4.78, 5) is 0. The highest BCUT2D eigenvalue weighted by Gasteiger charge is 2.19. The Labute approximate surface area is 137 Å². The number of hydrogen-bond acceptors (Lipinski definition) is 1. The third-order valence-corrected chi connectivity index (χ3v) is 4.04. The van der Waals surface area contributed by atoms with Crippen LogP contribution in [0.2, 0.25) is 0 Å². The van der Waals surface area contributed by atoms with Crippen molar-refractivity contribution in [1.29, 1.82) is 0 Å². The fourth-order valence-corrected chi connectivity index (χ4v) is 2.85. The Hall–Kier alpha value is -1.01. The molecule has 1 nitrogen and oxygen atoms in total. The minimum absolute atomic E-state index is 0.265. The molecule has 0 aliphatic heterocycles. The van der Waals surface area contributed by atoms with Crippen molar-refractivity contribution in [2.24, 2.45) is 0 Å². The van der Waals surface area contributed by atoms with Gasteiger partial charge in [0.15, 0.2) is 0 Å².